The van der Waals surface area contributed by atoms with Gasteiger partial charge in [0.2, 0.25) is 0 Å². The first-order chi connectivity index (χ1) is 16.6. The maximum atomic E-state index is 6.13. The van der Waals surface area contributed by atoms with Crippen LogP contribution in [0.15, 0.2) is 11.6 Å². The fraction of sp³-hybridized carbons (Fsp3) is 0.906. The van der Waals surface area contributed by atoms with E-state index in [4.69, 9.17) is 17.0 Å². The summed E-state index contributed by atoms with van der Waals surface area (Å²) in [6.07, 6.45) is 17.8. The lowest BCUT2D eigenvalue weighted by molar-refractivity contribution is -0.0567. The summed E-state index contributed by atoms with van der Waals surface area (Å²) in [5, 5.41) is 3.77. The van der Waals surface area contributed by atoms with Crippen LogP contribution in [0.2, 0.25) is 0 Å². The predicted octanol–water partition coefficient (Wildman–Crippen LogP) is 8.94. The predicted molar refractivity (Wildman–Crippen MR) is 153 cm³/mol. The molecule has 0 aromatic carbocycles. The summed E-state index contributed by atoms with van der Waals surface area (Å²) >= 11 is 5.40. The highest BCUT2D eigenvalue weighted by molar-refractivity contribution is 7.80. The van der Waals surface area contributed by atoms with E-state index in [9.17, 15) is 0 Å². The first-order valence-corrected chi connectivity index (χ1v) is 15.7. The van der Waals surface area contributed by atoms with Gasteiger partial charge in [-0.15, -0.1) is 0 Å². The topological polar surface area (TPSA) is 21.3 Å². The van der Waals surface area contributed by atoms with Gasteiger partial charge in [0.15, 0.2) is 0 Å². The molecule has 1 N–H and O–H groups in total. The Labute approximate surface area is 222 Å². The molecule has 9 atom stereocenters. The maximum absolute atomic E-state index is 6.13. The zero-order chi connectivity index (χ0) is 25.4. The number of hydrogen-bond donors (Lipinski definition) is 1. The molecular formula is C32H55NOS. The van der Waals surface area contributed by atoms with E-state index in [1.165, 1.54) is 57.8 Å². The van der Waals surface area contributed by atoms with Crippen molar-refractivity contribution >= 4 is 17.4 Å². The molecule has 200 valence electrons. The second-order valence-corrected chi connectivity index (χ2v) is 14.1. The normalized spacial score (nSPS) is 40.2. The molecule has 0 aromatic rings. The van der Waals surface area contributed by atoms with E-state index in [2.05, 4.69) is 59.9 Å². The van der Waals surface area contributed by atoms with Crippen LogP contribution in [0.4, 0.5) is 0 Å². The van der Waals surface area contributed by atoms with Gasteiger partial charge in [0.05, 0.1) is 0 Å². The Kier molecular flexibility index (Phi) is 8.66. The van der Waals surface area contributed by atoms with E-state index in [1.807, 2.05) is 0 Å². The first-order valence-electron chi connectivity index (χ1n) is 15.3. The first kappa shape index (κ1) is 27.5. The van der Waals surface area contributed by atoms with Gasteiger partial charge >= 0.3 is 0 Å². The quantitative estimate of drug-likeness (QED) is 0.265. The van der Waals surface area contributed by atoms with E-state index in [0.717, 1.165) is 60.8 Å². The van der Waals surface area contributed by atoms with E-state index in [-0.39, 0.29) is 6.10 Å². The van der Waals surface area contributed by atoms with Gasteiger partial charge in [0.1, 0.15) is 6.10 Å². The summed E-state index contributed by atoms with van der Waals surface area (Å²) in [5.74, 6) is 6.27. The number of fused-ring (bicyclic) bond motifs is 5. The Morgan fingerprint density at radius 1 is 1.06 bits per heavy atom. The lowest BCUT2D eigenvalue weighted by Gasteiger charge is -2.58. The highest BCUT2D eigenvalue weighted by Gasteiger charge is 2.59. The fourth-order valence-corrected chi connectivity index (χ4v) is 10.0. The third-order valence-electron chi connectivity index (χ3n) is 11.9. The Morgan fingerprint density at radius 2 is 1.83 bits per heavy atom. The summed E-state index contributed by atoms with van der Waals surface area (Å²) in [7, 11) is 0. The van der Waals surface area contributed by atoms with Crippen LogP contribution in [0.3, 0.4) is 0 Å². The minimum atomic E-state index is 0.265. The van der Waals surface area contributed by atoms with Crippen molar-refractivity contribution < 1.29 is 4.74 Å². The summed E-state index contributed by atoms with van der Waals surface area (Å²) < 4.78 is 6.13. The van der Waals surface area contributed by atoms with Crippen molar-refractivity contribution in [3.63, 3.8) is 0 Å². The van der Waals surface area contributed by atoms with Crippen molar-refractivity contribution in [3.8, 4) is 0 Å². The minimum Gasteiger partial charge on any atom is -0.467 e. The van der Waals surface area contributed by atoms with Crippen LogP contribution in [0.25, 0.3) is 0 Å². The SMILES string of the molecule is CCNC(=S)O[C@H]1CC[C@@]2(C)C(=CC[C@H]3[C@@H]4CC[C@H]([C@H](C)CC[C@@H](CC)C(C)C)[C@@]4(C)CC[C@@H]32)C1. The van der Waals surface area contributed by atoms with Crippen molar-refractivity contribution in [2.24, 2.45) is 52.3 Å². The molecule has 4 aliphatic carbocycles. The van der Waals surface area contributed by atoms with Gasteiger partial charge in [-0.3, -0.25) is 0 Å². The molecule has 0 saturated heterocycles. The van der Waals surface area contributed by atoms with Gasteiger partial charge in [0.25, 0.3) is 5.17 Å². The molecule has 0 aromatic heterocycles. The average Bonchev–Trinajstić information content (AvgIpc) is 3.17. The third kappa shape index (κ3) is 5.23. The smallest absolute Gasteiger partial charge is 0.256 e. The molecule has 35 heavy (non-hydrogen) atoms. The van der Waals surface area contributed by atoms with Crippen LogP contribution in [0, 0.1) is 52.3 Å². The summed E-state index contributed by atoms with van der Waals surface area (Å²) in [4.78, 5) is 0. The third-order valence-corrected chi connectivity index (χ3v) is 12.1. The molecule has 0 spiro atoms. The van der Waals surface area contributed by atoms with E-state index in [0.29, 0.717) is 16.0 Å². The molecule has 2 nitrogen and oxygen atoms in total. The number of ether oxygens (including phenoxy) is 1. The molecule has 0 amide bonds. The molecule has 0 radical (unpaired) electrons. The van der Waals surface area contributed by atoms with E-state index in [1.54, 1.807) is 5.57 Å². The summed E-state index contributed by atoms with van der Waals surface area (Å²) in [6, 6.07) is 0. The number of rotatable bonds is 8. The molecule has 3 heteroatoms. The lowest BCUT2D eigenvalue weighted by atomic mass is 9.47. The van der Waals surface area contributed by atoms with Crippen LogP contribution in [-0.4, -0.2) is 17.8 Å². The zero-order valence-electron chi connectivity index (χ0n) is 24.0. The standard InChI is InChI=1S/C32H55NOS/c1-8-23(21(3)4)11-10-22(5)27-14-15-28-26-13-12-24-20-25(34-30(35)33-9-2)16-18-31(24,6)29(26)17-19-32(27,28)7/h12,21-23,25-29H,8-11,13-20H2,1-7H3,(H,33,35)/t22-,23-,25+,26+,27-,28+,29+,31+,32-/m1/s1. The average molecular weight is 502 g/mol. The summed E-state index contributed by atoms with van der Waals surface area (Å²) in [5.41, 5.74) is 2.65. The van der Waals surface area contributed by atoms with Gasteiger partial charge in [-0.1, -0.05) is 66.0 Å². The van der Waals surface area contributed by atoms with Crippen LogP contribution in [-0.2, 0) is 4.74 Å². The van der Waals surface area contributed by atoms with Crippen LogP contribution in [0.5, 0.6) is 0 Å². The maximum Gasteiger partial charge on any atom is 0.256 e. The summed E-state index contributed by atoms with van der Waals surface area (Å²) in [6.45, 7) is 18.1. The molecule has 0 bridgehead atoms. The van der Waals surface area contributed by atoms with Crippen molar-refractivity contribution in [3.05, 3.63) is 11.6 Å². The Balaban J connectivity index is 1.43. The highest BCUT2D eigenvalue weighted by atomic mass is 32.1. The second-order valence-electron chi connectivity index (χ2n) is 13.8. The monoisotopic (exact) mass is 501 g/mol. The number of hydrogen-bond acceptors (Lipinski definition) is 2. The van der Waals surface area contributed by atoms with Gasteiger partial charge in [0, 0.05) is 13.0 Å². The zero-order valence-corrected chi connectivity index (χ0v) is 24.8. The van der Waals surface area contributed by atoms with Crippen LogP contribution < -0.4 is 5.32 Å². The van der Waals surface area contributed by atoms with Crippen molar-refractivity contribution in [2.75, 3.05) is 6.54 Å². The van der Waals surface area contributed by atoms with E-state index >= 15 is 0 Å². The molecule has 3 fully saturated rings. The largest absolute Gasteiger partial charge is 0.467 e. The number of thiocarbonyl (C=S) groups is 1. The molecule has 0 unspecified atom stereocenters. The van der Waals surface area contributed by atoms with E-state index < -0.39 is 0 Å². The van der Waals surface area contributed by atoms with Crippen molar-refractivity contribution in [1.29, 1.82) is 0 Å². The van der Waals surface area contributed by atoms with Gasteiger partial charge in [-0.2, -0.15) is 0 Å². The number of allylic oxidation sites excluding steroid dienone is 1. The molecule has 0 aliphatic heterocycles. The Hall–Kier alpha value is -0.570. The molecule has 4 rings (SSSR count). The van der Waals surface area contributed by atoms with Gasteiger partial charge in [-0.05, 0) is 123 Å². The highest BCUT2D eigenvalue weighted by Crippen LogP contribution is 2.67. The molecule has 0 heterocycles. The van der Waals surface area contributed by atoms with Crippen LogP contribution >= 0.6 is 12.2 Å². The van der Waals surface area contributed by atoms with Gasteiger partial charge in [-0.25, -0.2) is 0 Å². The minimum absolute atomic E-state index is 0.265. The fourth-order valence-electron chi connectivity index (χ4n) is 9.73. The lowest BCUT2D eigenvalue weighted by Crippen LogP contribution is -2.51. The van der Waals surface area contributed by atoms with Gasteiger partial charge < -0.3 is 10.1 Å². The Morgan fingerprint density at radius 3 is 2.51 bits per heavy atom. The molecule has 4 aliphatic rings. The van der Waals surface area contributed by atoms with Crippen molar-refractivity contribution in [1.82, 2.24) is 5.32 Å². The van der Waals surface area contributed by atoms with Crippen molar-refractivity contribution in [2.45, 2.75) is 125 Å². The second kappa shape index (κ2) is 11.0. The molecule has 3 saturated carbocycles. The number of nitrogens with one attached hydrogen (secondary N) is 1. The molecular weight excluding hydrogens is 446 g/mol. The Bertz CT molecular complexity index is 776. The van der Waals surface area contributed by atoms with Crippen LogP contribution in [0.1, 0.15) is 119 Å².